The zero-order valence-electron chi connectivity index (χ0n) is 9.52. The molecule has 1 amide bonds. The van der Waals surface area contributed by atoms with Gasteiger partial charge in [-0.15, -0.1) is 0 Å². The van der Waals surface area contributed by atoms with Crippen molar-refractivity contribution < 1.29 is 4.79 Å². The molecule has 1 aliphatic rings. The maximum atomic E-state index is 11.8. The van der Waals surface area contributed by atoms with Gasteiger partial charge in [0, 0.05) is 32.4 Å². The molecule has 1 aliphatic heterocycles. The summed E-state index contributed by atoms with van der Waals surface area (Å²) >= 11 is 0. The second kappa shape index (κ2) is 5.07. The van der Waals surface area contributed by atoms with Crippen LogP contribution in [0, 0.1) is 5.92 Å². The van der Waals surface area contributed by atoms with E-state index in [-0.39, 0.29) is 5.91 Å². The Bertz CT molecular complexity index is 349. The van der Waals surface area contributed by atoms with Gasteiger partial charge >= 0.3 is 0 Å². The molecule has 4 heteroatoms. The van der Waals surface area contributed by atoms with Crippen LogP contribution in [0.1, 0.15) is 12.0 Å². The van der Waals surface area contributed by atoms with E-state index in [0.29, 0.717) is 18.9 Å². The van der Waals surface area contributed by atoms with Crippen LogP contribution in [-0.2, 0) is 11.3 Å². The summed E-state index contributed by atoms with van der Waals surface area (Å²) in [6.45, 7) is 2.63. The first-order chi connectivity index (χ1) is 7.75. The molecule has 0 saturated carbocycles. The summed E-state index contributed by atoms with van der Waals surface area (Å²) in [7, 11) is 1.86. The van der Waals surface area contributed by atoms with Crippen molar-refractivity contribution in [3.63, 3.8) is 0 Å². The molecular formula is C12H17N3O. The van der Waals surface area contributed by atoms with Crippen molar-refractivity contribution >= 4 is 5.91 Å². The molecule has 0 unspecified atom stereocenters. The number of nitrogens with zero attached hydrogens (tertiary/aromatic N) is 2. The minimum Gasteiger partial charge on any atom is -0.341 e. The highest BCUT2D eigenvalue weighted by Crippen LogP contribution is 2.11. The van der Waals surface area contributed by atoms with E-state index >= 15 is 0 Å². The van der Waals surface area contributed by atoms with Crippen molar-refractivity contribution in [2.45, 2.75) is 13.0 Å². The number of hydrogen-bond donors (Lipinski definition) is 1. The third kappa shape index (κ3) is 2.79. The maximum absolute atomic E-state index is 11.8. The fourth-order valence-corrected chi connectivity index (χ4v) is 1.75. The Hall–Kier alpha value is -1.42. The number of rotatable bonds is 4. The van der Waals surface area contributed by atoms with E-state index in [0.717, 1.165) is 18.7 Å². The van der Waals surface area contributed by atoms with Gasteiger partial charge in [-0.2, -0.15) is 0 Å². The lowest BCUT2D eigenvalue weighted by Crippen LogP contribution is -2.44. The number of nitrogens with one attached hydrogen (secondary N) is 1. The van der Waals surface area contributed by atoms with E-state index in [1.165, 1.54) is 0 Å². The summed E-state index contributed by atoms with van der Waals surface area (Å²) in [6, 6.07) is 3.88. The minimum atomic E-state index is 0.225. The number of pyridine rings is 1. The first kappa shape index (κ1) is 11.1. The normalized spacial score (nSPS) is 15.6. The molecule has 1 fully saturated rings. The average molecular weight is 219 g/mol. The topological polar surface area (TPSA) is 45.2 Å². The van der Waals surface area contributed by atoms with Crippen molar-refractivity contribution in [1.82, 2.24) is 15.2 Å². The van der Waals surface area contributed by atoms with Crippen molar-refractivity contribution in [3.8, 4) is 0 Å². The highest BCUT2D eigenvalue weighted by molar-refractivity contribution is 5.76. The fourth-order valence-electron chi connectivity index (χ4n) is 1.75. The average Bonchev–Trinajstić information content (AvgIpc) is 2.24. The van der Waals surface area contributed by atoms with Crippen LogP contribution in [0.2, 0.25) is 0 Å². The highest BCUT2D eigenvalue weighted by atomic mass is 16.2. The lowest BCUT2D eigenvalue weighted by molar-refractivity contribution is -0.131. The van der Waals surface area contributed by atoms with E-state index in [1.54, 1.807) is 17.3 Å². The molecule has 2 heterocycles. The first-order valence-electron chi connectivity index (χ1n) is 5.59. The minimum absolute atomic E-state index is 0.225. The SMILES string of the molecule is CN(Cc1ccncc1)C(=O)CC1CNC1. The summed E-state index contributed by atoms with van der Waals surface area (Å²) in [5.74, 6) is 0.760. The zero-order chi connectivity index (χ0) is 11.4. The Morgan fingerprint density at radius 2 is 2.19 bits per heavy atom. The molecular weight excluding hydrogens is 202 g/mol. The van der Waals surface area contributed by atoms with Crippen molar-refractivity contribution in [1.29, 1.82) is 0 Å². The third-order valence-electron chi connectivity index (χ3n) is 2.92. The molecule has 2 rings (SSSR count). The Morgan fingerprint density at radius 1 is 1.50 bits per heavy atom. The predicted molar refractivity (Wildman–Crippen MR) is 61.7 cm³/mol. The third-order valence-corrected chi connectivity index (χ3v) is 2.92. The number of hydrogen-bond acceptors (Lipinski definition) is 3. The van der Waals surface area contributed by atoms with Gasteiger partial charge in [-0.25, -0.2) is 0 Å². The van der Waals surface area contributed by atoms with Crippen LogP contribution in [0.5, 0.6) is 0 Å². The van der Waals surface area contributed by atoms with Crippen LogP contribution >= 0.6 is 0 Å². The molecule has 0 bridgehead atoms. The summed E-state index contributed by atoms with van der Waals surface area (Å²) < 4.78 is 0. The van der Waals surface area contributed by atoms with Gasteiger partial charge in [0.15, 0.2) is 0 Å². The number of carbonyl (C=O) groups is 1. The molecule has 1 saturated heterocycles. The summed E-state index contributed by atoms with van der Waals surface area (Å²) in [6.07, 6.45) is 4.17. The van der Waals surface area contributed by atoms with E-state index in [2.05, 4.69) is 10.3 Å². The van der Waals surface area contributed by atoms with E-state index in [9.17, 15) is 4.79 Å². The van der Waals surface area contributed by atoms with Crippen molar-refractivity contribution in [2.75, 3.05) is 20.1 Å². The summed E-state index contributed by atoms with van der Waals surface area (Å²) in [5.41, 5.74) is 1.12. The van der Waals surface area contributed by atoms with Gasteiger partial charge in [-0.3, -0.25) is 9.78 Å². The zero-order valence-corrected chi connectivity index (χ0v) is 9.52. The van der Waals surface area contributed by atoms with Crippen LogP contribution < -0.4 is 5.32 Å². The molecule has 0 aliphatic carbocycles. The smallest absolute Gasteiger partial charge is 0.222 e. The van der Waals surface area contributed by atoms with Crippen LogP contribution in [0.15, 0.2) is 24.5 Å². The molecule has 0 atom stereocenters. The Kier molecular flexibility index (Phi) is 3.51. The van der Waals surface area contributed by atoms with E-state index in [1.807, 2.05) is 19.2 Å². The molecule has 1 aromatic rings. The van der Waals surface area contributed by atoms with Crippen molar-refractivity contribution in [3.05, 3.63) is 30.1 Å². The van der Waals surface area contributed by atoms with E-state index < -0.39 is 0 Å². The Labute approximate surface area is 95.7 Å². The van der Waals surface area contributed by atoms with Gasteiger partial charge in [0.2, 0.25) is 5.91 Å². The Balaban J connectivity index is 1.82. The maximum Gasteiger partial charge on any atom is 0.222 e. The number of amides is 1. The number of carbonyl (C=O) groups excluding carboxylic acids is 1. The van der Waals surface area contributed by atoms with Gasteiger partial charge in [-0.1, -0.05) is 0 Å². The molecule has 4 nitrogen and oxygen atoms in total. The quantitative estimate of drug-likeness (QED) is 0.808. The Morgan fingerprint density at radius 3 is 2.75 bits per heavy atom. The van der Waals surface area contributed by atoms with Gasteiger partial charge in [0.25, 0.3) is 0 Å². The molecule has 0 spiro atoms. The first-order valence-corrected chi connectivity index (χ1v) is 5.59. The van der Waals surface area contributed by atoms with Crippen molar-refractivity contribution in [2.24, 2.45) is 5.92 Å². The van der Waals surface area contributed by atoms with Crippen LogP contribution in [-0.4, -0.2) is 35.9 Å². The molecule has 0 aromatic carbocycles. The highest BCUT2D eigenvalue weighted by Gasteiger charge is 2.21. The molecule has 86 valence electrons. The second-order valence-electron chi connectivity index (χ2n) is 4.33. The van der Waals surface area contributed by atoms with Crippen LogP contribution in [0.3, 0.4) is 0 Å². The predicted octanol–water partition coefficient (Wildman–Crippen LogP) is 0.649. The van der Waals surface area contributed by atoms with Crippen LogP contribution in [0.4, 0.5) is 0 Å². The molecule has 1 N–H and O–H groups in total. The van der Waals surface area contributed by atoms with E-state index in [4.69, 9.17) is 0 Å². The fraction of sp³-hybridized carbons (Fsp3) is 0.500. The summed E-state index contributed by atoms with van der Waals surface area (Å²) in [5, 5.41) is 3.18. The molecule has 16 heavy (non-hydrogen) atoms. The van der Waals surface area contributed by atoms with Gasteiger partial charge < -0.3 is 10.2 Å². The molecule has 1 aromatic heterocycles. The van der Waals surface area contributed by atoms with Crippen LogP contribution in [0.25, 0.3) is 0 Å². The van der Waals surface area contributed by atoms with Gasteiger partial charge in [-0.05, 0) is 36.7 Å². The van der Waals surface area contributed by atoms with Gasteiger partial charge in [0.1, 0.15) is 0 Å². The summed E-state index contributed by atoms with van der Waals surface area (Å²) in [4.78, 5) is 17.6. The number of aromatic nitrogens is 1. The lowest BCUT2D eigenvalue weighted by atomic mass is 9.99. The standard InChI is InChI=1S/C12H17N3O/c1-15(9-10-2-4-13-5-3-10)12(16)6-11-7-14-8-11/h2-5,11,14H,6-9H2,1H3. The lowest BCUT2D eigenvalue weighted by Gasteiger charge is -2.28. The monoisotopic (exact) mass is 219 g/mol. The largest absolute Gasteiger partial charge is 0.341 e. The second-order valence-corrected chi connectivity index (χ2v) is 4.33. The molecule has 0 radical (unpaired) electrons. The van der Waals surface area contributed by atoms with Gasteiger partial charge in [0.05, 0.1) is 0 Å².